The van der Waals surface area contributed by atoms with Crippen molar-refractivity contribution in [2.45, 2.75) is 19.9 Å². The molecule has 0 aliphatic rings. The summed E-state index contributed by atoms with van der Waals surface area (Å²) in [7, 11) is 0. The lowest BCUT2D eigenvalue weighted by molar-refractivity contribution is -0.384. The lowest BCUT2D eigenvalue weighted by Crippen LogP contribution is -2.30. The van der Waals surface area contributed by atoms with Gasteiger partial charge >= 0.3 is 5.69 Å². The van der Waals surface area contributed by atoms with Crippen molar-refractivity contribution in [2.24, 2.45) is 5.92 Å². The molecule has 0 saturated carbocycles. The number of nitro groups is 1. The predicted molar refractivity (Wildman–Crippen MR) is 65.2 cm³/mol. The van der Waals surface area contributed by atoms with Gasteiger partial charge < -0.3 is 10.4 Å². The molecule has 1 unspecified atom stereocenters. The fraction of sp³-hybridized carbons (Fsp3) is 0.500. The molecule has 0 spiro atoms. The highest BCUT2D eigenvalue weighted by Crippen LogP contribution is 2.26. The van der Waals surface area contributed by atoms with Gasteiger partial charge in [-0.1, -0.05) is 25.4 Å². The third-order valence-corrected chi connectivity index (χ3v) is 2.56. The van der Waals surface area contributed by atoms with Crippen LogP contribution in [0, 0.1) is 16.0 Å². The van der Waals surface area contributed by atoms with Crippen molar-refractivity contribution in [1.82, 2.24) is 4.98 Å². The van der Waals surface area contributed by atoms with Gasteiger partial charge in [0.25, 0.3) is 0 Å². The van der Waals surface area contributed by atoms with Crippen LogP contribution in [-0.4, -0.2) is 27.7 Å². The minimum absolute atomic E-state index is 0.118. The second kappa shape index (κ2) is 5.79. The van der Waals surface area contributed by atoms with E-state index in [0.717, 1.165) is 0 Å². The van der Waals surface area contributed by atoms with E-state index in [-0.39, 0.29) is 35.1 Å². The summed E-state index contributed by atoms with van der Waals surface area (Å²) in [5, 5.41) is 23.0. The van der Waals surface area contributed by atoms with Crippen LogP contribution in [0.5, 0.6) is 0 Å². The minimum Gasteiger partial charge on any atom is -0.394 e. The molecule has 0 amide bonds. The number of halogens is 1. The second-order valence-corrected chi connectivity index (χ2v) is 4.39. The zero-order chi connectivity index (χ0) is 13.0. The minimum atomic E-state index is -0.560. The van der Waals surface area contributed by atoms with Crippen molar-refractivity contribution in [3.63, 3.8) is 0 Å². The second-order valence-electron chi connectivity index (χ2n) is 3.96. The van der Waals surface area contributed by atoms with Crippen LogP contribution in [0.1, 0.15) is 13.8 Å². The fourth-order valence-corrected chi connectivity index (χ4v) is 1.43. The Kier molecular flexibility index (Phi) is 4.65. The van der Waals surface area contributed by atoms with E-state index >= 15 is 0 Å². The molecule has 2 N–H and O–H groups in total. The van der Waals surface area contributed by atoms with Gasteiger partial charge in [0.05, 0.1) is 22.6 Å². The number of aromatic nitrogens is 1. The molecule has 1 atom stereocenters. The van der Waals surface area contributed by atoms with Gasteiger partial charge in [-0.15, -0.1) is 0 Å². The number of pyridine rings is 1. The molecule has 6 nitrogen and oxygen atoms in total. The van der Waals surface area contributed by atoms with Crippen molar-refractivity contribution in [3.8, 4) is 0 Å². The van der Waals surface area contributed by atoms with E-state index in [1.807, 2.05) is 13.8 Å². The number of aliphatic hydroxyl groups excluding tert-OH is 1. The largest absolute Gasteiger partial charge is 0.394 e. The first kappa shape index (κ1) is 13.7. The van der Waals surface area contributed by atoms with E-state index in [2.05, 4.69) is 10.3 Å². The molecule has 0 aliphatic heterocycles. The average molecular weight is 260 g/mol. The molecule has 94 valence electrons. The van der Waals surface area contributed by atoms with Crippen molar-refractivity contribution < 1.29 is 10.0 Å². The van der Waals surface area contributed by atoms with Gasteiger partial charge in [0.15, 0.2) is 0 Å². The molecule has 0 radical (unpaired) electrons. The molecule has 17 heavy (non-hydrogen) atoms. The Balaban J connectivity index is 3.01. The number of hydrogen-bond acceptors (Lipinski definition) is 5. The number of anilines is 1. The summed E-state index contributed by atoms with van der Waals surface area (Å²) in [5.74, 6) is 0.240. The van der Waals surface area contributed by atoms with Gasteiger partial charge in [-0.05, 0) is 5.92 Å². The molecule has 1 aromatic heterocycles. The van der Waals surface area contributed by atoms with Crippen LogP contribution >= 0.6 is 11.6 Å². The van der Waals surface area contributed by atoms with Crippen LogP contribution in [0.25, 0.3) is 0 Å². The van der Waals surface area contributed by atoms with E-state index < -0.39 is 4.92 Å². The number of aliphatic hydroxyl groups is 1. The lowest BCUT2D eigenvalue weighted by atomic mass is 10.1. The Morgan fingerprint density at radius 1 is 1.65 bits per heavy atom. The molecule has 1 heterocycles. The maximum Gasteiger partial charge on any atom is 0.312 e. The third kappa shape index (κ3) is 3.54. The molecule has 0 aliphatic carbocycles. The Morgan fingerprint density at radius 3 is 2.76 bits per heavy atom. The molecule has 0 fully saturated rings. The van der Waals surface area contributed by atoms with Crippen LogP contribution < -0.4 is 5.32 Å². The number of rotatable bonds is 5. The average Bonchev–Trinajstić information content (AvgIpc) is 2.26. The fourth-order valence-electron chi connectivity index (χ4n) is 1.28. The molecular weight excluding hydrogens is 246 g/mol. The SMILES string of the molecule is CC(C)C(CO)Nc1ncc(Cl)cc1[N+](=O)[O-]. The first-order valence-corrected chi connectivity index (χ1v) is 5.50. The first-order chi connectivity index (χ1) is 7.95. The van der Waals surface area contributed by atoms with Crippen molar-refractivity contribution >= 4 is 23.1 Å². The van der Waals surface area contributed by atoms with E-state index in [1.165, 1.54) is 12.3 Å². The van der Waals surface area contributed by atoms with E-state index in [0.29, 0.717) is 0 Å². The zero-order valence-corrected chi connectivity index (χ0v) is 10.3. The summed E-state index contributed by atoms with van der Waals surface area (Å²) in [6.45, 7) is 3.67. The lowest BCUT2D eigenvalue weighted by Gasteiger charge is -2.20. The van der Waals surface area contributed by atoms with Crippen LogP contribution in [0.2, 0.25) is 5.02 Å². The summed E-state index contributed by atoms with van der Waals surface area (Å²) >= 11 is 5.65. The first-order valence-electron chi connectivity index (χ1n) is 5.13. The van der Waals surface area contributed by atoms with Gasteiger partial charge in [0.2, 0.25) is 5.82 Å². The highest BCUT2D eigenvalue weighted by atomic mass is 35.5. The molecular formula is C10H14ClN3O3. The number of nitrogens with zero attached hydrogens (tertiary/aromatic N) is 2. The summed E-state index contributed by atoms with van der Waals surface area (Å²) in [4.78, 5) is 14.1. The highest BCUT2D eigenvalue weighted by Gasteiger charge is 2.20. The monoisotopic (exact) mass is 259 g/mol. The van der Waals surface area contributed by atoms with Crippen LogP contribution in [0.15, 0.2) is 12.3 Å². The number of nitrogens with one attached hydrogen (secondary N) is 1. The standard InChI is InChI=1S/C10H14ClN3O3/c1-6(2)8(5-15)13-10-9(14(16)17)3-7(11)4-12-10/h3-4,6,8,15H,5H2,1-2H3,(H,12,13). The molecule has 0 bridgehead atoms. The summed E-state index contributed by atoms with van der Waals surface area (Å²) in [6, 6.07) is 0.938. The van der Waals surface area contributed by atoms with Gasteiger partial charge in [-0.2, -0.15) is 0 Å². The molecule has 0 aromatic carbocycles. The zero-order valence-electron chi connectivity index (χ0n) is 9.55. The molecule has 7 heteroatoms. The van der Waals surface area contributed by atoms with E-state index in [9.17, 15) is 10.1 Å². The number of hydrogen-bond donors (Lipinski definition) is 2. The molecule has 1 aromatic rings. The Labute approximate surface area is 104 Å². The Hall–Kier alpha value is -1.40. The van der Waals surface area contributed by atoms with Crippen molar-refractivity contribution in [2.75, 3.05) is 11.9 Å². The van der Waals surface area contributed by atoms with Gasteiger partial charge in [-0.3, -0.25) is 10.1 Å². The smallest absolute Gasteiger partial charge is 0.312 e. The van der Waals surface area contributed by atoms with Gasteiger partial charge in [0.1, 0.15) is 0 Å². The summed E-state index contributed by atoms with van der Waals surface area (Å²) in [6.07, 6.45) is 1.33. The van der Waals surface area contributed by atoms with Crippen LogP contribution in [-0.2, 0) is 0 Å². The maximum absolute atomic E-state index is 10.8. The van der Waals surface area contributed by atoms with Crippen LogP contribution in [0.3, 0.4) is 0 Å². The normalized spacial score (nSPS) is 12.5. The topological polar surface area (TPSA) is 88.3 Å². The predicted octanol–water partition coefficient (Wildman–Crippen LogP) is 2.07. The third-order valence-electron chi connectivity index (χ3n) is 2.35. The Bertz CT molecular complexity index is 412. The highest BCUT2D eigenvalue weighted by molar-refractivity contribution is 6.30. The quantitative estimate of drug-likeness (QED) is 0.624. The summed E-state index contributed by atoms with van der Waals surface area (Å²) in [5.41, 5.74) is -0.198. The summed E-state index contributed by atoms with van der Waals surface area (Å²) < 4.78 is 0. The van der Waals surface area contributed by atoms with Gasteiger partial charge in [0, 0.05) is 12.3 Å². The Morgan fingerprint density at radius 2 is 2.29 bits per heavy atom. The van der Waals surface area contributed by atoms with Crippen LogP contribution in [0.4, 0.5) is 11.5 Å². The maximum atomic E-state index is 10.8. The van der Waals surface area contributed by atoms with Crippen molar-refractivity contribution in [1.29, 1.82) is 0 Å². The molecule has 1 rings (SSSR count). The van der Waals surface area contributed by atoms with Crippen molar-refractivity contribution in [3.05, 3.63) is 27.4 Å². The molecule has 0 saturated heterocycles. The van der Waals surface area contributed by atoms with E-state index in [4.69, 9.17) is 16.7 Å². The van der Waals surface area contributed by atoms with E-state index in [1.54, 1.807) is 0 Å². The van der Waals surface area contributed by atoms with Gasteiger partial charge in [-0.25, -0.2) is 4.98 Å².